The van der Waals surface area contributed by atoms with E-state index < -0.39 is 11.9 Å². The fourth-order valence-electron chi connectivity index (χ4n) is 2.11. The van der Waals surface area contributed by atoms with Gasteiger partial charge in [-0.3, -0.25) is 9.59 Å². The highest BCUT2D eigenvalue weighted by molar-refractivity contribution is 6.10. The molecule has 92 valence electrons. The summed E-state index contributed by atoms with van der Waals surface area (Å²) in [7, 11) is 1.58. The molecule has 1 unspecified atom stereocenters. The Hall–Kier alpha value is -1.62. The van der Waals surface area contributed by atoms with Crippen LogP contribution in [-0.2, 0) is 27.4 Å². The van der Waals surface area contributed by atoms with Crippen LogP contribution in [0.15, 0.2) is 12.3 Å². The van der Waals surface area contributed by atoms with E-state index in [1.165, 1.54) is 0 Å². The lowest BCUT2D eigenvalue weighted by molar-refractivity contribution is -0.146. The Morgan fingerprint density at radius 2 is 2.35 bits per heavy atom. The number of rotatable bonds is 4. The minimum atomic E-state index is -0.693. The van der Waals surface area contributed by atoms with Gasteiger partial charge in [0.2, 0.25) is 0 Å². The molecular formula is C12H15NO4. The molecule has 1 aliphatic rings. The summed E-state index contributed by atoms with van der Waals surface area (Å²) in [5.41, 5.74) is 1.40. The highest BCUT2D eigenvalue weighted by Crippen LogP contribution is 2.26. The molecule has 0 N–H and O–H groups in total. The Labute approximate surface area is 99.3 Å². The van der Waals surface area contributed by atoms with Crippen LogP contribution < -0.4 is 0 Å². The Balaban J connectivity index is 2.21. The molecule has 1 atom stereocenters. The maximum absolute atomic E-state index is 12.1. The van der Waals surface area contributed by atoms with E-state index in [0.717, 1.165) is 5.56 Å². The van der Waals surface area contributed by atoms with Gasteiger partial charge in [-0.2, -0.15) is 0 Å². The van der Waals surface area contributed by atoms with Gasteiger partial charge < -0.3 is 14.0 Å². The summed E-state index contributed by atoms with van der Waals surface area (Å²) in [5, 5.41) is 0. The molecule has 5 heteroatoms. The van der Waals surface area contributed by atoms with Crippen LogP contribution in [0.3, 0.4) is 0 Å². The van der Waals surface area contributed by atoms with Crippen LogP contribution in [-0.4, -0.2) is 30.0 Å². The molecule has 0 aromatic carbocycles. The summed E-state index contributed by atoms with van der Waals surface area (Å²) in [6.07, 6.45) is 1.81. The van der Waals surface area contributed by atoms with E-state index in [4.69, 9.17) is 9.47 Å². The molecule has 0 bridgehead atoms. The number of carbonyl (C=O) groups is 2. The number of ketones is 1. The third kappa shape index (κ3) is 1.98. The molecule has 0 spiro atoms. The predicted octanol–water partition coefficient (Wildman–Crippen LogP) is 1.01. The van der Waals surface area contributed by atoms with Crippen LogP contribution in [0.1, 0.15) is 23.0 Å². The summed E-state index contributed by atoms with van der Waals surface area (Å²) >= 11 is 0. The van der Waals surface area contributed by atoms with Crippen molar-refractivity contribution in [2.75, 3.05) is 13.7 Å². The molecule has 1 aliphatic heterocycles. The Kier molecular flexibility index (Phi) is 3.28. The van der Waals surface area contributed by atoms with Gasteiger partial charge in [0.05, 0.1) is 18.9 Å². The third-order valence-corrected chi connectivity index (χ3v) is 2.85. The van der Waals surface area contributed by atoms with Crippen LogP contribution in [0.5, 0.6) is 0 Å². The van der Waals surface area contributed by atoms with Crippen molar-refractivity contribution in [3.63, 3.8) is 0 Å². The summed E-state index contributed by atoms with van der Waals surface area (Å²) in [6, 6.07) is 1.85. The molecular weight excluding hydrogens is 222 g/mol. The van der Waals surface area contributed by atoms with Crippen LogP contribution in [0.4, 0.5) is 0 Å². The van der Waals surface area contributed by atoms with E-state index in [-0.39, 0.29) is 5.78 Å². The Morgan fingerprint density at radius 3 is 3.00 bits per heavy atom. The Bertz CT molecular complexity index is 449. The van der Waals surface area contributed by atoms with E-state index in [0.29, 0.717) is 25.5 Å². The number of esters is 1. The fraction of sp³-hybridized carbons (Fsp3) is 0.500. The molecule has 17 heavy (non-hydrogen) atoms. The first kappa shape index (κ1) is 11.9. The number of fused-ring (bicyclic) bond motifs is 1. The number of Topliss-reactive ketones (excluding diaryl/α,β-unsaturated/α-hetero) is 1. The Morgan fingerprint density at radius 1 is 1.59 bits per heavy atom. The summed E-state index contributed by atoms with van der Waals surface area (Å²) in [6.45, 7) is 2.77. The topological polar surface area (TPSA) is 57.5 Å². The first-order valence-corrected chi connectivity index (χ1v) is 5.56. The molecule has 1 aromatic heterocycles. The lowest BCUT2D eigenvalue weighted by Crippen LogP contribution is -2.23. The van der Waals surface area contributed by atoms with E-state index in [1.807, 2.05) is 6.07 Å². The number of hydrogen-bond donors (Lipinski definition) is 0. The molecule has 0 fully saturated rings. The fourth-order valence-corrected chi connectivity index (χ4v) is 2.11. The van der Waals surface area contributed by atoms with Gasteiger partial charge in [0.25, 0.3) is 0 Å². The van der Waals surface area contributed by atoms with Crippen LogP contribution in [0.25, 0.3) is 0 Å². The van der Waals surface area contributed by atoms with Crippen molar-refractivity contribution in [2.45, 2.75) is 20.1 Å². The molecule has 0 amide bonds. The van der Waals surface area contributed by atoms with Gasteiger partial charge in [-0.1, -0.05) is 0 Å². The first-order chi connectivity index (χ1) is 8.19. The normalized spacial score (nSPS) is 18.2. The number of aromatic nitrogens is 1. The maximum atomic E-state index is 12.1. The second-order valence-electron chi connectivity index (χ2n) is 3.94. The van der Waals surface area contributed by atoms with E-state index in [2.05, 4.69) is 0 Å². The van der Waals surface area contributed by atoms with Crippen molar-refractivity contribution in [1.82, 2.24) is 4.57 Å². The summed E-state index contributed by atoms with van der Waals surface area (Å²) in [4.78, 5) is 23.7. The highest BCUT2D eigenvalue weighted by Gasteiger charge is 2.38. The largest absolute Gasteiger partial charge is 0.465 e. The number of hydrogen-bond acceptors (Lipinski definition) is 4. The number of ether oxygens (including phenoxy) is 2. The van der Waals surface area contributed by atoms with Gasteiger partial charge in [-0.05, 0) is 13.0 Å². The van der Waals surface area contributed by atoms with Crippen molar-refractivity contribution in [1.29, 1.82) is 0 Å². The van der Waals surface area contributed by atoms with Crippen molar-refractivity contribution in [3.05, 3.63) is 23.5 Å². The second kappa shape index (κ2) is 4.71. The molecule has 2 heterocycles. The van der Waals surface area contributed by atoms with E-state index in [1.54, 1.807) is 24.8 Å². The van der Waals surface area contributed by atoms with Gasteiger partial charge in [0, 0.05) is 25.4 Å². The van der Waals surface area contributed by atoms with Crippen molar-refractivity contribution in [3.8, 4) is 0 Å². The van der Waals surface area contributed by atoms with Crippen LogP contribution >= 0.6 is 0 Å². The summed E-state index contributed by atoms with van der Waals surface area (Å²) < 4.78 is 11.7. The highest BCUT2D eigenvalue weighted by atomic mass is 16.5. The quantitative estimate of drug-likeness (QED) is 0.579. The second-order valence-corrected chi connectivity index (χ2v) is 3.94. The average molecular weight is 237 g/mol. The molecule has 0 saturated heterocycles. The zero-order valence-corrected chi connectivity index (χ0v) is 9.93. The number of methoxy groups -OCH3 is 1. The molecule has 2 rings (SSSR count). The van der Waals surface area contributed by atoms with Crippen LogP contribution in [0.2, 0.25) is 0 Å². The van der Waals surface area contributed by atoms with E-state index >= 15 is 0 Å². The zero-order chi connectivity index (χ0) is 12.4. The lowest BCUT2D eigenvalue weighted by Gasteiger charge is -2.06. The summed E-state index contributed by atoms with van der Waals surface area (Å²) in [5.74, 6) is -1.30. The van der Waals surface area contributed by atoms with Gasteiger partial charge in [-0.25, -0.2) is 0 Å². The van der Waals surface area contributed by atoms with Crippen molar-refractivity contribution in [2.24, 2.45) is 5.92 Å². The maximum Gasteiger partial charge on any atom is 0.318 e. The lowest BCUT2D eigenvalue weighted by atomic mass is 10.0. The monoisotopic (exact) mass is 237 g/mol. The SMILES string of the molecule is CCOC(=O)C1Cn2ccc(COC)c2C1=O. The minimum absolute atomic E-state index is 0.166. The van der Waals surface area contributed by atoms with Gasteiger partial charge in [0.15, 0.2) is 5.78 Å². The van der Waals surface area contributed by atoms with Crippen LogP contribution in [0, 0.1) is 5.92 Å². The average Bonchev–Trinajstić information content (AvgIpc) is 2.82. The molecule has 1 aromatic rings. The smallest absolute Gasteiger partial charge is 0.318 e. The van der Waals surface area contributed by atoms with Crippen molar-refractivity contribution < 1.29 is 19.1 Å². The molecule has 5 nitrogen and oxygen atoms in total. The molecule has 0 radical (unpaired) electrons. The van der Waals surface area contributed by atoms with Crippen molar-refractivity contribution >= 4 is 11.8 Å². The molecule has 0 saturated carbocycles. The number of nitrogens with zero attached hydrogens (tertiary/aromatic N) is 1. The van der Waals surface area contributed by atoms with Gasteiger partial charge in [0.1, 0.15) is 5.92 Å². The predicted molar refractivity (Wildman–Crippen MR) is 59.6 cm³/mol. The third-order valence-electron chi connectivity index (χ3n) is 2.85. The minimum Gasteiger partial charge on any atom is -0.465 e. The molecule has 0 aliphatic carbocycles. The standard InChI is InChI=1S/C12H15NO4/c1-3-17-12(15)9-6-13-5-4-8(7-16-2)10(13)11(9)14/h4-5,9H,3,6-7H2,1-2H3. The van der Waals surface area contributed by atoms with E-state index in [9.17, 15) is 9.59 Å². The van der Waals surface area contributed by atoms with Gasteiger partial charge >= 0.3 is 5.97 Å². The zero-order valence-electron chi connectivity index (χ0n) is 9.93. The van der Waals surface area contributed by atoms with Gasteiger partial charge in [-0.15, -0.1) is 0 Å². The number of carbonyl (C=O) groups excluding carboxylic acids is 2. The first-order valence-electron chi connectivity index (χ1n) is 5.56.